The van der Waals surface area contributed by atoms with Crippen molar-refractivity contribution in [3.63, 3.8) is 0 Å². The summed E-state index contributed by atoms with van der Waals surface area (Å²) in [6.07, 6.45) is 8.39. The minimum absolute atomic E-state index is 0.453. The van der Waals surface area contributed by atoms with E-state index in [0.717, 1.165) is 31.0 Å². The molecule has 4 nitrogen and oxygen atoms in total. The van der Waals surface area contributed by atoms with Crippen LogP contribution in [0, 0.1) is 5.41 Å². The van der Waals surface area contributed by atoms with Crippen LogP contribution in [0.4, 0.5) is 5.95 Å². The largest absolute Gasteiger partial charge is 0.341 e. The van der Waals surface area contributed by atoms with Gasteiger partial charge in [0, 0.05) is 25.5 Å². The zero-order valence-corrected chi connectivity index (χ0v) is 11.5. The summed E-state index contributed by atoms with van der Waals surface area (Å²) in [5, 5.41) is 0. The van der Waals surface area contributed by atoms with Crippen LogP contribution >= 0.6 is 0 Å². The van der Waals surface area contributed by atoms with Crippen molar-refractivity contribution in [2.75, 3.05) is 24.5 Å². The maximum atomic E-state index is 5.53. The fourth-order valence-electron chi connectivity index (χ4n) is 2.43. The standard InChI is InChI=1S/C14H24N4/c1-14(2)5-3-8-18(9-6-14)13-16-10-12(4-7-15)11-17-13/h10-11H,3-9,15H2,1-2H3. The third-order valence-corrected chi connectivity index (χ3v) is 3.75. The van der Waals surface area contributed by atoms with Crippen LogP contribution in [0.25, 0.3) is 0 Å². The SMILES string of the molecule is CC1(C)CCCN(c2ncc(CCN)cn2)CC1. The van der Waals surface area contributed by atoms with Gasteiger partial charge in [-0.15, -0.1) is 0 Å². The molecule has 1 fully saturated rings. The lowest BCUT2D eigenvalue weighted by molar-refractivity contribution is 0.325. The number of hydrogen-bond acceptors (Lipinski definition) is 4. The number of nitrogens with zero attached hydrogens (tertiary/aromatic N) is 3. The average Bonchev–Trinajstić information content (AvgIpc) is 2.52. The third kappa shape index (κ3) is 3.42. The van der Waals surface area contributed by atoms with Crippen LogP contribution in [0.2, 0.25) is 0 Å². The summed E-state index contributed by atoms with van der Waals surface area (Å²) in [4.78, 5) is 11.2. The maximum Gasteiger partial charge on any atom is 0.225 e. The summed E-state index contributed by atoms with van der Waals surface area (Å²) >= 11 is 0. The van der Waals surface area contributed by atoms with Gasteiger partial charge in [-0.25, -0.2) is 9.97 Å². The van der Waals surface area contributed by atoms with Gasteiger partial charge >= 0.3 is 0 Å². The van der Waals surface area contributed by atoms with E-state index in [9.17, 15) is 0 Å². The van der Waals surface area contributed by atoms with Gasteiger partial charge < -0.3 is 10.6 Å². The Hall–Kier alpha value is -1.16. The van der Waals surface area contributed by atoms with E-state index in [4.69, 9.17) is 5.73 Å². The first-order valence-corrected chi connectivity index (χ1v) is 6.87. The van der Waals surface area contributed by atoms with Crippen LogP contribution < -0.4 is 10.6 Å². The van der Waals surface area contributed by atoms with Gasteiger partial charge in [0.05, 0.1) is 0 Å². The van der Waals surface area contributed by atoms with Gasteiger partial charge in [0.1, 0.15) is 0 Å². The lowest BCUT2D eigenvalue weighted by atomic mass is 9.85. The fraction of sp³-hybridized carbons (Fsp3) is 0.714. The van der Waals surface area contributed by atoms with Crippen molar-refractivity contribution >= 4 is 5.95 Å². The van der Waals surface area contributed by atoms with Crippen molar-refractivity contribution in [1.29, 1.82) is 0 Å². The Kier molecular flexibility index (Phi) is 4.17. The summed E-state index contributed by atoms with van der Waals surface area (Å²) < 4.78 is 0. The molecule has 0 amide bonds. The Morgan fingerprint density at radius 2 is 1.94 bits per heavy atom. The van der Waals surface area contributed by atoms with Gasteiger partial charge in [0.15, 0.2) is 0 Å². The quantitative estimate of drug-likeness (QED) is 0.889. The van der Waals surface area contributed by atoms with Crippen LogP contribution in [-0.2, 0) is 6.42 Å². The summed E-state index contributed by atoms with van der Waals surface area (Å²) in [5.74, 6) is 0.869. The van der Waals surface area contributed by atoms with Gasteiger partial charge in [-0.1, -0.05) is 13.8 Å². The Labute approximate surface area is 110 Å². The molecule has 2 rings (SSSR count). The number of nitrogens with two attached hydrogens (primary N) is 1. The van der Waals surface area contributed by atoms with Crippen LogP contribution in [0.1, 0.15) is 38.7 Å². The van der Waals surface area contributed by atoms with Crippen molar-refractivity contribution in [3.05, 3.63) is 18.0 Å². The van der Waals surface area contributed by atoms with E-state index in [1.165, 1.54) is 19.3 Å². The second-order valence-electron chi connectivity index (χ2n) is 5.93. The molecule has 0 spiro atoms. The molecular formula is C14H24N4. The molecule has 0 aromatic carbocycles. The molecule has 1 aliphatic heterocycles. The van der Waals surface area contributed by atoms with Gasteiger partial charge in [-0.05, 0) is 43.2 Å². The lowest BCUT2D eigenvalue weighted by Gasteiger charge is -2.23. The zero-order valence-electron chi connectivity index (χ0n) is 11.5. The predicted octanol–water partition coefficient (Wildman–Crippen LogP) is 1.99. The van der Waals surface area contributed by atoms with Gasteiger partial charge in [0.25, 0.3) is 0 Å². The minimum atomic E-state index is 0.453. The molecule has 0 unspecified atom stereocenters. The average molecular weight is 248 g/mol. The fourth-order valence-corrected chi connectivity index (χ4v) is 2.43. The summed E-state index contributed by atoms with van der Waals surface area (Å²) in [6.45, 7) is 7.48. The molecule has 4 heteroatoms. The number of anilines is 1. The number of hydrogen-bond donors (Lipinski definition) is 1. The summed E-state index contributed by atoms with van der Waals surface area (Å²) in [6, 6.07) is 0. The highest BCUT2D eigenvalue weighted by molar-refractivity contribution is 5.30. The Balaban J connectivity index is 2.02. The molecule has 1 aromatic heterocycles. The van der Waals surface area contributed by atoms with E-state index in [0.29, 0.717) is 12.0 Å². The molecule has 0 atom stereocenters. The highest BCUT2D eigenvalue weighted by Gasteiger charge is 2.23. The zero-order chi connectivity index (χ0) is 13.0. The minimum Gasteiger partial charge on any atom is -0.341 e. The predicted molar refractivity (Wildman–Crippen MR) is 74.6 cm³/mol. The van der Waals surface area contributed by atoms with Crippen molar-refractivity contribution in [1.82, 2.24) is 9.97 Å². The molecule has 2 heterocycles. The molecule has 2 N–H and O–H groups in total. The highest BCUT2D eigenvalue weighted by Crippen LogP contribution is 2.30. The molecule has 0 saturated carbocycles. The molecular weight excluding hydrogens is 224 g/mol. The highest BCUT2D eigenvalue weighted by atomic mass is 15.2. The van der Waals surface area contributed by atoms with Crippen LogP contribution in [0.15, 0.2) is 12.4 Å². The topological polar surface area (TPSA) is 55.0 Å². The van der Waals surface area contributed by atoms with Crippen LogP contribution in [0.5, 0.6) is 0 Å². The molecule has 1 aliphatic rings. The summed E-state index contributed by atoms with van der Waals surface area (Å²) in [5.41, 5.74) is 7.10. The lowest BCUT2D eigenvalue weighted by Crippen LogP contribution is -2.27. The number of rotatable bonds is 3. The molecule has 0 bridgehead atoms. The van der Waals surface area contributed by atoms with Crippen molar-refractivity contribution in [2.45, 2.75) is 39.5 Å². The first-order valence-electron chi connectivity index (χ1n) is 6.87. The van der Waals surface area contributed by atoms with E-state index in [1.807, 2.05) is 12.4 Å². The first-order chi connectivity index (χ1) is 8.61. The molecule has 1 saturated heterocycles. The van der Waals surface area contributed by atoms with E-state index in [2.05, 4.69) is 28.7 Å². The van der Waals surface area contributed by atoms with Gasteiger partial charge in [-0.2, -0.15) is 0 Å². The molecule has 100 valence electrons. The Morgan fingerprint density at radius 3 is 2.61 bits per heavy atom. The Morgan fingerprint density at radius 1 is 1.22 bits per heavy atom. The van der Waals surface area contributed by atoms with E-state index >= 15 is 0 Å². The molecule has 1 aromatic rings. The van der Waals surface area contributed by atoms with Crippen LogP contribution in [-0.4, -0.2) is 29.6 Å². The number of aromatic nitrogens is 2. The molecule has 18 heavy (non-hydrogen) atoms. The van der Waals surface area contributed by atoms with Crippen molar-refractivity contribution < 1.29 is 0 Å². The maximum absolute atomic E-state index is 5.53. The monoisotopic (exact) mass is 248 g/mol. The van der Waals surface area contributed by atoms with E-state index in [-0.39, 0.29) is 0 Å². The van der Waals surface area contributed by atoms with Crippen LogP contribution in [0.3, 0.4) is 0 Å². The molecule has 0 aliphatic carbocycles. The molecule has 0 radical (unpaired) electrons. The first kappa shape index (κ1) is 13.3. The second kappa shape index (κ2) is 5.65. The Bertz CT molecular complexity index is 372. The third-order valence-electron chi connectivity index (χ3n) is 3.75. The second-order valence-corrected chi connectivity index (χ2v) is 5.93. The van der Waals surface area contributed by atoms with Gasteiger partial charge in [0.2, 0.25) is 5.95 Å². The summed E-state index contributed by atoms with van der Waals surface area (Å²) in [7, 11) is 0. The van der Waals surface area contributed by atoms with E-state index < -0.39 is 0 Å². The smallest absolute Gasteiger partial charge is 0.225 e. The van der Waals surface area contributed by atoms with E-state index in [1.54, 1.807) is 0 Å². The normalized spacial score (nSPS) is 19.6. The van der Waals surface area contributed by atoms with Crippen molar-refractivity contribution in [2.24, 2.45) is 11.1 Å². The van der Waals surface area contributed by atoms with Crippen molar-refractivity contribution in [3.8, 4) is 0 Å². The van der Waals surface area contributed by atoms with Gasteiger partial charge in [-0.3, -0.25) is 0 Å².